The second-order valence-electron chi connectivity index (χ2n) is 4.92. The largest absolute Gasteiger partial charge is 0.311 e. The summed E-state index contributed by atoms with van der Waals surface area (Å²) < 4.78 is 0. The highest BCUT2D eigenvalue weighted by Gasteiger charge is 2.07. The van der Waals surface area contributed by atoms with Crippen LogP contribution in [-0.2, 0) is 6.54 Å². The number of rotatable bonds is 5. The van der Waals surface area contributed by atoms with Crippen LogP contribution in [0.2, 0.25) is 0 Å². The summed E-state index contributed by atoms with van der Waals surface area (Å²) in [5.74, 6) is 0. The number of nitrogens with zero attached hydrogens (tertiary/aromatic N) is 1. The van der Waals surface area contributed by atoms with E-state index < -0.39 is 0 Å². The molecule has 0 bridgehead atoms. The van der Waals surface area contributed by atoms with E-state index in [-0.39, 0.29) is 0 Å². The first-order chi connectivity index (χ1) is 8.45. The molecule has 0 amide bonds. The maximum absolute atomic E-state index is 3.53. The number of nitrogens with one attached hydrogen (secondary N) is 1. The van der Waals surface area contributed by atoms with Crippen molar-refractivity contribution in [1.82, 2.24) is 10.2 Å². The summed E-state index contributed by atoms with van der Waals surface area (Å²) in [4.78, 5) is 2.60. The van der Waals surface area contributed by atoms with Gasteiger partial charge in [-0.3, -0.25) is 0 Å². The quantitative estimate of drug-likeness (QED) is 0.785. The van der Waals surface area contributed by atoms with E-state index in [1.165, 1.54) is 50.9 Å². The van der Waals surface area contributed by atoms with Crippen LogP contribution in [0.15, 0.2) is 30.3 Å². The molecule has 2 heteroatoms. The van der Waals surface area contributed by atoms with E-state index in [0.29, 0.717) is 0 Å². The van der Waals surface area contributed by atoms with Gasteiger partial charge in [0.2, 0.25) is 0 Å². The van der Waals surface area contributed by atoms with E-state index >= 15 is 0 Å². The summed E-state index contributed by atoms with van der Waals surface area (Å²) in [6, 6.07) is 10.6. The molecule has 0 unspecified atom stereocenters. The van der Waals surface area contributed by atoms with Crippen LogP contribution in [-0.4, -0.2) is 31.1 Å². The van der Waals surface area contributed by atoms with Crippen molar-refractivity contribution in [2.75, 3.05) is 26.2 Å². The van der Waals surface area contributed by atoms with E-state index in [1.54, 1.807) is 0 Å². The van der Waals surface area contributed by atoms with Crippen LogP contribution in [0.25, 0.3) is 0 Å². The van der Waals surface area contributed by atoms with E-state index in [0.717, 1.165) is 13.1 Å². The minimum absolute atomic E-state index is 0.995. The molecule has 1 aliphatic heterocycles. The molecule has 1 aromatic carbocycles. The molecule has 0 spiro atoms. The predicted molar refractivity (Wildman–Crippen MR) is 73.1 cm³/mol. The SMILES string of the molecule is c1ccc(CNCCN2CCCCCC2)cc1. The molecule has 17 heavy (non-hydrogen) atoms. The van der Waals surface area contributed by atoms with Gasteiger partial charge in [0.1, 0.15) is 0 Å². The van der Waals surface area contributed by atoms with Crippen molar-refractivity contribution in [3.63, 3.8) is 0 Å². The van der Waals surface area contributed by atoms with E-state index in [4.69, 9.17) is 0 Å². The summed E-state index contributed by atoms with van der Waals surface area (Å²) in [6.45, 7) is 5.90. The Morgan fingerprint density at radius 3 is 2.35 bits per heavy atom. The van der Waals surface area contributed by atoms with Crippen LogP contribution in [0.1, 0.15) is 31.2 Å². The highest BCUT2D eigenvalue weighted by Crippen LogP contribution is 2.08. The average Bonchev–Trinajstić information content (AvgIpc) is 2.65. The van der Waals surface area contributed by atoms with Crippen molar-refractivity contribution in [2.45, 2.75) is 32.2 Å². The molecule has 0 atom stereocenters. The van der Waals surface area contributed by atoms with Crippen LogP contribution >= 0.6 is 0 Å². The molecule has 1 aromatic rings. The van der Waals surface area contributed by atoms with Gasteiger partial charge >= 0.3 is 0 Å². The monoisotopic (exact) mass is 232 g/mol. The van der Waals surface area contributed by atoms with Gasteiger partial charge in [0.15, 0.2) is 0 Å². The molecule has 1 fully saturated rings. The Kier molecular flexibility index (Phi) is 5.53. The van der Waals surface area contributed by atoms with Crippen molar-refractivity contribution in [2.24, 2.45) is 0 Å². The zero-order valence-electron chi connectivity index (χ0n) is 10.7. The van der Waals surface area contributed by atoms with Gasteiger partial charge < -0.3 is 10.2 Å². The molecular weight excluding hydrogens is 208 g/mol. The molecule has 1 N–H and O–H groups in total. The fourth-order valence-electron chi connectivity index (χ4n) is 2.43. The molecule has 0 radical (unpaired) electrons. The number of likely N-dealkylation sites (tertiary alicyclic amines) is 1. The number of benzene rings is 1. The average molecular weight is 232 g/mol. The summed E-state index contributed by atoms with van der Waals surface area (Å²) in [6.07, 6.45) is 5.62. The second kappa shape index (κ2) is 7.46. The van der Waals surface area contributed by atoms with Crippen molar-refractivity contribution < 1.29 is 0 Å². The van der Waals surface area contributed by atoms with Crippen molar-refractivity contribution >= 4 is 0 Å². The van der Waals surface area contributed by atoms with Gasteiger partial charge in [-0.25, -0.2) is 0 Å². The Morgan fingerprint density at radius 2 is 1.65 bits per heavy atom. The van der Waals surface area contributed by atoms with Crippen molar-refractivity contribution in [3.05, 3.63) is 35.9 Å². The number of hydrogen-bond donors (Lipinski definition) is 1. The van der Waals surface area contributed by atoms with Gasteiger partial charge in [0, 0.05) is 19.6 Å². The third-order valence-electron chi connectivity index (χ3n) is 3.48. The topological polar surface area (TPSA) is 15.3 Å². The Hall–Kier alpha value is -0.860. The first-order valence-corrected chi connectivity index (χ1v) is 6.92. The summed E-state index contributed by atoms with van der Waals surface area (Å²) in [5.41, 5.74) is 1.38. The Balaban J connectivity index is 1.59. The maximum Gasteiger partial charge on any atom is 0.0206 e. The lowest BCUT2D eigenvalue weighted by atomic mass is 10.2. The fraction of sp³-hybridized carbons (Fsp3) is 0.600. The van der Waals surface area contributed by atoms with Crippen molar-refractivity contribution in [1.29, 1.82) is 0 Å². The lowest BCUT2D eigenvalue weighted by Gasteiger charge is -2.19. The third kappa shape index (κ3) is 4.88. The van der Waals surface area contributed by atoms with Gasteiger partial charge in [0.05, 0.1) is 0 Å². The van der Waals surface area contributed by atoms with Gasteiger partial charge in [-0.15, -0.1) is 0 Å². The third-order valence-corrected chi connectivity index (χ3v) is 3.48. The first kappa shape index (κ1) is 12.6. The molecule has 0 aliphatic carbocycles. The molecule has 2 nitrogen and oxygen atoms in total. The second-order valence-corrected chi connectivity index (χ2v) is 4.92. The van der Waals surface area contributed by atoms with Crippen LogP contribution in [0.4, 0.5) is 0 Å². The fourth-order valence-corrected chi connectivity index (χ4v) is 2.43. The van der Waals surface area contributed by atoms with Gasteiger partial charge in [-0.2, -0.15) is 0 Å². The molecule has 0 saturated carbocycles. The molecule has 1 heterocycles. The van der Waals surface area contributed by atoms with Crippen LogP contribution < -0.4 is 5.32 Å². The Labute approximate surface area is 105 Å². The zero-order chi connectivity index (χ0) is 11.8. The Morgan fingerprint density at radius 1 is 0.941 bits per heavy atom. The van der Waals surface area contributed by atoms with E-state index in [9.17, 15) is 0 Å². The van der Waals surface area contributed by atoms with Crippen LogP contribution in [0.5, 0.6) is 0 Å². The molecular formula is C15H24N2. The highest BCUT2D eigenvalue weighted by atomic mass is 15.1. The minimum atomic E-state index is 0.995. The summed E-state index contributed by atoms with van der Waals surface area (Å²) in [5, 5.41) is 3.53. The summed E-state index contributed by atoms with van der Waals surface area (Å²) in [7, 11) is 0. The molecule has 94 valence electrons. The van der Waals surface area contributed by atoms with Crippen molar-refractivity contribution in [3.8, 4) is 0 Å². The van der Waals surface area contributed by atoms with Gasteiger partial charge in [0.25, 0.3) is 0 Å². The smallest absolute Gasteiger partial charge is 0.0206 e. The first-order valence-electron chi connectivity index (χ1n) is 6.92. The molecule has 1 saturated heterocycles. The minimum Gasteiger partial charge on any atom is -0.311 e. The van der Waals surface area contributed by atoms with Gasteiger partial charge in [-0.1, -0.05) is 43.2 Å². The summed E-state index contributed by atoms with van der Waals surface area (Å²) >= 11 is 0. The normalized spacial score (nSPS) is 17.9. The lowest BCUT2D eigenvalue weighted by molar-refractivity contribution is 0.284. The van der Waals surface area contributed by atoms with Crippen LogP contribution in [0, 0.1) is 0 Å². The molecule has 0 aromatic heterocycles. The maximum atomic E-state index is 3.53. The standard InChI is InChI=1S/C15H24N2/c1-2-7-12-17(11-6-1)13-10-16-14-15-8-4-3-5-9-15/h3-5,8-9,16H,1-2,6-7,10-14H2. The Bertz CT molecular complexity index is 289. The molecule has 2 rings (SSSR count). The van der Waals surface area contributed by atoms with E-state index in [2.05, 4.69) is 40.5 Å². The lowest BCUT2D eigenvalue weighted by Crippen LogP contribution is -2.32. The van der Waals surface area contributed by atoms with E-state index in [1.807, 2.05) is 0 Å². The van der Waals surface area contributed by atoms with Crippen LogP contribution in [0.3, 0.4) is 0 Å². The zero-order valence-corrected chi connectivity index (χ0v) is 10.7. The number of hydrogen-bond acceptors (Lipinski definition) is 2. The molecule has 1 aliphatic rings. The highest BCUT2D eigenvalue weighted by molar-refractivity contribution is 5.14. The predicted octanol–water partition coefficient (Wildman–Crippen LogP) is 2.65. The van der Waals surface area contributed by atoms with Gasteiger partial charge in [-0.05, 0) is 31.5 Å².